The second-order valence-corrected chi connectivity index (χ2v) is 6.85. The summed E-state index contributed by atoms with van der Waals surface area (Å²) in [6, 6.07) is 5.87. The smallest absolute Gasteiger partial charge is 0.289 e. The molecule has 4 nitrogen and oxygen atoms in total. The zero-order valence-corrected chi connectivity index (χ0v) is 14.9. The Labute approximate surface area is 144 Å². The fourth-order valence-electron chi connectivity index (χ4n) is 3.09. The minimum Gasteiger partial charge on any atom is -0.451 e. The Kier molecular flexibility index (Phi) is 4.87. The van der Waals surface area contributed by atoms with E-state index in [9.17, 15) is 4.79 Å². The number of nitrogens with zero attached hydrogens (tertiary/aromatic N) is 2. The molecule has 1 amide bonds. The molecule has 0 atom stereocenters. The zero-order valence-electron chi connectivity index (χ0n) is 13.3. The Bertz CT molecular complexity index is 738. The molecule has 1 aromatic heterocycles. The number of hydrogen-bond acceptors (Lipinski definition) is 3. The molecule has 0 saturated carbocycles. The Balaban J connectivity index is 1.82. The van der Waals surface area contributed by atoms with Gasteiger partial charge in [-0.1, -0.05) is 22.0 Å². The van der Waals surface area contributed by atoms with E-state index < -0.39 is 0 Å². The fourth-order valence-corrected chi connectivity index (χ4v) is 3.43. The molecular weight excluding hydrogens is 356 g/mol. The third-order valence-electron chi connectivity index (χ3n) is 4.36. The van der Waals surface area contributed by atoms with E-state index in [1.807, 2.05) is 36.1 Å². The maximum Gasteiger partial charge on any atom is 0.289 e. The van der Waals surface area contributed by atoms with Gasteiger partial charge in [-0.15, -0.1) is 6.58 Å². The van der Waals surface area contributed by atoms with Gasteiger partial charge in [-0.25, -0.2) is 0 Å². The van der Waals surface area contributed by atoms with Crippen LogP contribution in [0.5, 0.6) is 0 Å². The summed E-state index contributed by atoms with van der Waals surface area (Å²) in [6.45, 7) is 10.00. The Hall–Kier alpha value is -1.59. The monoisotopic (exact) mass is 376 g/mol. The molecule has 0 N–H and O–H groups in total. The Morgan fingerprint density at radius 1 is 1.35 bits per heavy atom. The molecule has 0 bridgehead atoms. The third kappa shape index (κ3) is 3.35. The highest BCUT2D eigenvalue weighted by Crippen LogP contribution is 2.28. The Morgan fingerprint density at radius 3 is 2.96 bits per heavy atom. The van der Waals surface area contributed by atoms with Crippen molar-refractivity contribution in [3.63, 3.8) is 0 Å². The van der Waals surface area contributed by atoms with E-state index in [1.165, 1.54) is 0 Å². The van der Waals surface area contributed by atoms with Gasteiger partial charge in [0.05, 0.1) is 0 Å². The third-order valence-corrected chi connectivity index (χ3v) is 4.85. The second-order valence-electron chi connectivity index (χ2n) is 5.93. The molecule has 1 fully saturated rings. The molecule has 3 rings (SSSR count). The van der Waals surface area contributed by atoms with Crippen molar-refractivity contribution >= 4 is 32.8 Å². The van der Waals surface area contributed by atoms with E-state index >= 15 is 0 Å². The van der Waals surface area contributed by atoms with Crippen molar-refractivity contribution in [2.24, 2.45) is 0 Å². The lowest BCUT2D eigenvalue weighted by atomic mass is 10.1. The van der Waals surface area contributed by atoms with Crippen LogP contribution in [0.2, 0.25) is 0 Å². The molecule has 5 heteroatoms. The first-order valence-corrected chi connectivity index (χ1v) is 8.70. The van der Waals surface area contributed by atoms with Gasteiger partial charge >= 0.3 is 0 Å². The van der Waals surface area contributed by atoms with Crippen molar-refractivity contribution in [3.05, 3.63) is 46.7 Å². The van der Waals surface area contributed by atoms with Crippen LogP contribution in [0.15, 0.2) is 39.7 Å². The van der Waals surface area contributed by atoms with Crippen molar-refractivity contribution in [1.82, 2.24) is 9.80 Å². The van der Waals surface area contributed by atoms with Crippen LogP contribution < -0.4 is 0 Å². The summed E-state index contributed by atoms with van der Waals surface area (Å²) in [5.74, 6) is 0.463. The summed E-state index contributed by atoms with van der Waals surface area (Å²) in [6.07, 6.45) is 2.89. The lowest BCUT2D eigenvalue weighted by Crippen LogP contribution is -2.35. The van der Waals surface area contributed by atoms with Gasteiger partial charge < -0.3 is 9.32 Å². The van der Waals surface area contributed by atoms with Crippen molar-refractivity contribution in [2.45, 2.75) is 13.3 Å². The van der Waals surface area contributed by atoms with Crippen molar-refractivity contribution in [1.29, 1.82) is 0 Å². The molecule has 0 unspecified atom stereocenters. The number of halogens is 1. The van der Waals surface area contributed by atoms with Crippen molar-refractivity contribution < 1.29 is 9.21 Å². The van der Waals surface area contributed by atoms with Crippen LogP contribution in [0.3, 0.4) is 0 Å². The predicted octanol–water partition coefficient (Wildman–Crippen LogP) is 3.84. The summed E-state index contributed by atoms with van der Waals surface area (Å²) < 4.78 is 6.81. The maximum atomic E-state index is 12.9. The molecule has 1 aliphatic rings. The molecular formula is C18H21BrN2O2. The number of carbonyl (C=O) groups is 1. The SMILES string of the molecule is C=CCN1CCCN(C(=O)c2oc3cc(Br)ccc3c2C)CC1. The van der Waals surface area contributed by atoms with Crippen LogP contribution in [0.4, 0.5) is 0 Å². The number of benzene rings is 1. The van der Waals surface area contributed by atoms with Crippen LogP contribution in [-0.4, -0.2) is 48.4 Å². The molecule has 1 saturated heterocycles. The minimum atomic E-state index is -0.00437. The Morgan fingerprint density at radius 2 is 2.17 bits per heavy atom. The largest absolute Gasteiger partial charge is 0.451 e. The molecule has 0 aliphatic carbocycles. The van der Waals surface area contributed by atoms with Crippen LogP contribution in [0.1, 0.15) is 22.5 Å². The number of hydrogen-bond donors (Lipinski definition) is 0. The minimum absolute atomic E-state index is 0.00437. The molecule has 2 aromatic rings. The van der Waals surface area contributed by atoms with E-state index in [0.717, 1.165) is 60.2 Å². The van der Waals surface area contributed by atoms with Gasteiger partial charge in [0.25, 0.3) is 5.91 Å². The van der Waals surface area contributed by atoms with Gasteiger partial charge in [0.1, 0.15) is 5.58 Å². The number of amides is 1. The van der Waals surface area contributed by atoms with Crippen LogP contribution in [0.25, 0.3) is 11.0 Å². The van der Waals surface area contributed by atoms with Crippen LogP contribution >= 0.6 is 15.9 Å². The average Bonchev–Trinajstić information content (AvgIpc) is 2.71. The summed E-state index contributed by atoms with van der Waals surface area (Å²) in [5, 5.41) is 1.000. The molecule has 2 heterocycles. The topological polar surface area (TPSA) is 36.7 Å². The molecule has 1 aromatic carbocycles. The molecule has 122 valence electrons. The van der Waals surface area contributed by atoms with E-state index in [2.05, 4.69) is 27.4 Å². The predicted molar refractivity (Wildman–Crippen MR) is 95.8 cm³/mol. The number of aryl methyl sites for hydroxylation is 1. The first-order valence-electron chi connectivity index (χ1n) is 7.91. The van der Waals surface area contributed by atoms with Crippen molar-refractivity contribution in [2.75, 3.05) is 32.7 Å². The van der Waals surface area contributed by atoms with Crippen molar-refractivity contribution in [3.8, 4) is 0 Å². The lowest BCUT2D eigenvalue weighted by molar-refractivity contribution is 0.0731. The first-order chi connectivity index (χ1) is 11.1. The highest BCUT2D eigenvalue weighted by Gasteiger charge is 2.25. The van der Waals surface area contributed by atoms with Crippen LogP contribution in [-0.2, 0) is 0 Å². The van der Waals surface area contributed by atoms with Gasteiger partial charge in [0, 0.05) is 48.1 Å². The quantitative estimate of drug-likeness (QED) is 0.763. The summed E-state index contributed by atoms with van der Waals surface area (Å²) in [7, 11) is 0. The summed E-state index contributed by atoms with van der Waals surface area (Å²) >= 11 is 3.44. The van der Waals surface area contributed by atoms with Gasteiger partial charge in [-0.3, -0.25) is 9.69 Å². The zero-order chi connectivity index (χ0) is 16.4. The fraction of sp³-hybridized carbons (Fsp3) is 0.389. The van der Waals surface area contributed by atoms with Crippen LogP contribution in [0, 0.1) is 6.92 Å². The molecule has 23 heavy (non-hydrogen) atoms. The molecule has 0 spiro atoms. The van der Waals surface area contributed by atoms with E-state index in [1.54, 1.807) is 0 Å². The van der Waals surface area contributed by atoms with E-state index in [-0.39, 0.29) is 5.91 Å². The number of carbonyl (C=O) groups excluding carboxylic acids is 1. The summed E-state index contributed by atoms with van der Waals surface area (Å²) in [4.78, 5) is 17.1. The number of rotatable bonds is 3. The highest BCUT2D eigenvalue weighted by atomic mass is 79.9. The normalized spacial score (nSPS) is 16.5. The van der Waals surface area contributed by atoms with E-state index in [0.29, 0.717) is 5.76 Å². The molecule has 0 radical (unpaired) electrons. The van der Waals surface area contributed by atoms with Gasteiger partial charge in [-0.05, 0) is 31.5 Å². The second kappa shape index (κ2) is 6.89. The lowest BCUT2D eigenvalue weighted by Gasteiger charge is -2.20. The number of fused-ring (bicyclic) bond motifs is 1. The van der Waals surface area contributed by atoms with E-state index in [4.69, 9.17) is 4.42 Å². The van der Waals surface area contributed by atoms with Gasteiger partial charge in [-0.2, -0.15) is 0 Å². The summed E-state index contributed by atoms with van der Waals surface area (Å²) in [5.41, 5.74) is 1.67. The standard InChI is InChI=1S/C18H21BrN2O2/c1-3-7-20-8-4-9-21(11-10-20)18(22)17-13(2)15-6-5-14(19)12-16(15)23-17/h3,5-6,12H,1,4,7-11H2,2H3. The molecule has 1 aliphatic heterocycles. The maximum absolute atomic E-state index is 12.9. The number of furan rings is 1. The average molecular weight is 377 g/mol. The van der Waals surface area contributed by atoms with Gasteiger partial charge in [0.15, 0.2) is 5.76 Å². The first kappa shape index (κ1) is 16.3. The van der Waals surface area contributed by atoms with Gasteiger partial charge in [0.2, 0.25) is 0 Å². The highest BCUT2D eigenvalue weighted by molar-refractivity contribution is 9.10.